The van der Waals surface area contributed by atoms with E-state index in [1.54, 1.807) is 0 Å². The maximum absolute atomic E-state index is 5.33. The minimum absolute atomic E-state index is 0.0903. The van der Waals surface area contributed by atoms with Crippen molar-refractivity contribution in [2.24, 2.45) is 0 Å². The van der Waals surface area contributed by atoms with Crippen LogP contribution in [-0.4, -0.2) is 19.5 Å². The van der Waals surface area contributed by atoms with Crippen molar-refractivity contribution in [2.75, 3.05) is 13.2 Å². The summed E-state index contributed by atoms with van der Waals surface area (Å²) in [7, 11) is 0. The van der Waals surface area contributed by atoms with Gasteiger partial charge < -0.3 is 9.47 Å². The summed E-state index contributed by atoms with van der Waals surface area (Å²) in [6.45, 7) is 3.63. The number of hydrogen-bond donors (Lipinski definition) is 0. The van der Waals surface area contributed by atoms with E-state index in [2.05, 4.69) is 0 Å². The summed E-state index contributed by atoms with van der Waals surface area (Å²) >= 11 is 0. The van der Waals surface area contributed by atoms with E-state index in [0.717, 1.165) is 26.1 Å². The fraction of sp³-hybridized carbons (Fsp3) is 0.750. The molecule has 0 atom stereocenters. The third-order valence-electron chi connectivity index (χ3n) is 1.45. The lowest BCUT2D eigenvalue weighted by atomic mass is 10.3. The summed E-state index contributed by atoms with van der Waals surface area (Å²) in [5.74, 6) is 0. The van der Waals surface area contributed by atoms with Crippen LogP contribution in [0.1, 0.15) is 19.8 Å². The van der Waals surface area contributed by atoms with Crippen molar-refractivity contribution in [2.45, 2.75) is 26.1 Å². The highest BCUT2D eigenvalue weighted by Gasteiger charge is 2.07. The SMILES string of the molecule is CC=CC1OCCCCO1. The Hall–Kier alpha value is -0.340. The molecule has 1 aliphatic rings. The molecule has 0 N–H and O–H groups in total. The lowest BCUT2D eigenvalue weighted by molar-refractivity contribution is -0.0924. The Kier molecular flexibility index (Phi) is 3.47. The van der Waals surface area contributed by atoms with Crippen molar-refractivity contribution in [3.8, 4) is 0 Å². The summed E-state index contributed by atoms with van der Waals surface area (Å²) in [5, 5.41) is 0. The van der Waals surface area contributed by atoms with Crippen LogP contribution >= 0.6 is 0 Å². The minimum atomic E-state index is -0.0903. The first-order chi connectivity index (χ1) is 4.93. The zero-order chi connectivity index (χ0) is 7.23. The lowest BCUT2D eigenvalue weighted by Gasteiger charge is -2.09. The van der Waals surface area contributed by atoms with Gasteiger partial charge in [-0.15, -0.1) is 0 Å². The molecule has 1 fully saturated rings. The Bertz CT molecular complexity index is 102. The molecule has 1 rings (SSSR count). The topological polar surface area (TPSA) is 18.5 Å². The van der Waals surface area contributed by atoms with Gasteiger partial charge in [0.2, 0.25) is 0 Å². The zero-order valence-electron chi connectivity index (χ0n) is 6.38. The van der Waals surface area contributed by atoms with Crippen LogP contribution in [0.15, 0.2) is 12.2 Å². The standard InChI is InChI=1S/C8H14O2/c1-2-5-8-9-6-3-4-7-10-8/h2,5,8H,3-4,6-7H2,1H3. The first-order valence-electron chi connectivity index (χ1n) is 3.79. The first-order valence-corrected chi connectivity index (χ1v) is 3.79. The van der Waals surface area contributed by atoms with Gasteiger partial charge in [0.05, 0.1) is 13.2 Å². The molecule has 0 saturated carbocycles. The van der Waals surface area contributed by atoms with E-state index in [4.69, 9.17) is 9.47 Å². The Labute approximate surface area is 61.8 Å². The van der Waals surface area contributed by atoms with Crippen LogP contribution in [0.25, 0.3) is 0 Å². The Morgan fingerprint density at radius 3 is 2.30 bits per heavy atom. The molecule has 0 aromatic rings. The van der Waals surface area contributed by atoms with Gasteiger partial charge in [-0.05, 0) is 25.8 Å². The fourth-order valence-corrected chi connectivity index (χ4v) is 0.919. The Morgan fingerprint density at radius 1 is 1.20 bits per heavy atom. The molecule has 0 aliphatic carbocycles. The second-order valence-corrected chi connectivity index (χ2v) is 2.34. The van der Waals surface area contributed by atoms with Crippen LogP contribution in [0.2, 0.25) is 0 Å². The molecule has 10 heavy (non-hydrogen) atoms. The molecule has 0 radical (unpaired) electrons. The fourth-order valence-electron chi connectivity index (χ4n) is 0.919. The summed E-state index contributed by atoms with van der Waals surface area (Å²) in [4.78, 5) is 0. The molecule has 2 heteroatoms. The number of ether oxygens (including phenoxy) is 2. The predicted octanol–water partition coefficient (Wildman–Crippen LogP) is 1.72. The zero-order valence-corrected chi connectivity index (χ0v) is 6.38. The van der Waals surface area contributed by atoms with Crippen molar-refractivity contribution < 1.29 is 9.47 Å². The van der Waals surface area contributed by atoms with Gasteiger partial charge in [0.1, 0.15) is 0 Å². The molecule has 0 aromatic heterocycles. The first kappa shape index (κ1) is 7.76. The second-order valence-electron chi connectivity index (χ2n) is 2.34. The van der Waals surface area contributed by atoms with Gasteiger partial charge in [-0.3, -0.25) is 0 Å². The molecule has 1 saturated heterocycles. The maximum atomic E-state index is 5.33. The summed E-state index contributed by atoms with van der Waals surface area (Å²) in [6, 6.07) is 0. The predicted molar refractivity (Wildman–Crippen MR) is 39.7 cm³/mol. The second kappa shape index (κ2) is 4.47. The molecule has 1 heterocycles. The van der Waals surface area contributed by atoms with Crippen molar-refractivity contribution in [1.82, 2.24) is 0 Å². The number of hydrogen-bond acceptors (Lipinski definition) is 2. The Morgan fingerprint density at radius 2 is 1.80 bits per heavy atom. The van der Waals surface area contributed by atoms with Crippen molar-refractivity contribution in [3.05, 3.63) is 12.2 Å². The third kappa shape index (κ3) is 2.50. The van der Waals surface area contributed by atoms with Gasteiger partial charge in [-0.25, -0.2) is 0 Å². The monoisotopic (exact) mass is 142 g/mol. The van der Waals surface area contributed by atoms with E-state index in [0.29, 0.717) is 0 Å². The molecule has 0 unspecified atom stereocenters. The third-order valence-corrected chi connectivity index (χ3v) is 1.45. The van der Waals surface area contributed by atoms with Gasteiger partial charge in [0.25, 0.3) is 0 Å². The average molecular weight is 142 g/mol. The van der Waals surface area contributed by atoms with Crippen LogP contribution in [0.5, 0.6) is 0 Å². The molecule has 1 aliphatic heterocycles. The quantitative estimate of drug-likeness (QED) is 0.519. The highest BCUT2D eigenvalue weighted by Crippen LogP contribution is 2.06. The largest absolute Gasteiger partial charge is 0.349 e. The summed E-state index contributed by atoms with van der Waals surface area (Å²) < 4.78 is 10.7. The highest BCUT2D eigenvalue weighted by atomic mass is 16.7. The summed E-state index contributed by atoms with van der Waals surface area (Å²) in [5.41, 5.74) is 0. The molecular formula is C8H14O2. The van der Waals surface area contributed by atoms with Gasteiger partial charge in [0, 0.05) is 0 Å². The molecule has 2 nitrogen and oxygen atoms in total. The van der Waals surface area contributed by atoms with Gasteiger partial charge in [0.15, 0.2) is 6.29 Å². The van der Waals surface area contributed by atoms with E-state index in [1.807, 2.05) is 19.1 Å². The van der Waals surface area contributed by atoms with Gasteiger partial charge in [-0.2, -0.15) is 0 Å². The Balaban J connectivity index is 2.28. The maximum Gasteiger partial charge on any atom is 0.176 e. The molecule has 0 amide bonds. The molecule has 58 valence electrons. The average Bonchev–Trinajstić information content (AvgIpc) is 2.17. The van der Waals surface area contributed by atoms with Crippen molar-refractivity contribution in [3.63, 3.8) is 0 Å². The van der Waals surface area contributed by atoms with Crippen molar-refractivity contribution in [1.29, 1.82) is 0 Å². The van der Waals surface area contributed by atoms with Gasteiger partial charge >= 0.3 is 0 Å². The minimum Gasteiger partial charge on any atom is -0.349 e. The summed E-state index contributed by atoms with van der Waals surface area (Å²) in [6.07, 6.45) is 6.04. The number of rotatable bonds is 1. The van der Waals surface area contributed by atoms with E-state index >= 15 is 0 Å². The lowest BCUT2D eigenvalue weighted by Crippen LogP contribution is -2.11. The molecular weight excluding hydrogens is 128 g/mol. The van der Waals surface area contributed by atoms with Crippen LogP contribution in [0.4, 0.5) is 0 Å². The van der Waals surface area contributed by atoms with E-state index in [-0.39, 0.29) is 6.29 Å². The molecule has 0 bridgehead atoms. The van der Waals surface area contributed by atoms with Gasteiger partial charge in [-0.1, -0.05) is 6.08 Å². The van der Waals surface area contributed by atoms with E-state index < -0.39 is 0 Å². The van der Waals surface area contributed by atoms with Crippen LogP contribution in [0.3, 0.4) is 0 Å². The molecule has 0 aromatic carbocycles. The van der Waals surface area contributed by atoms with E-state index in [1.165, 1.54) is 0 Å². The highest BCUT2D eigenvalue weighted by molar-refractivity contribution is 4.81. The molecule has 0 spiro atoms. The van der Waals surface area contributed by atoms with Crippen LogP contribution < -0.4 is 0 Å². The van der Waals surface area contributed by atoms with Crippen molar-refractivity contribution >= 4 is 0 Å². The van der Waals surface area contributed by atoms with Crippen LogP contribution in [-0.2, 0) is 9.47 Å². The smallest absolute Gasteiger partial charge is 0.176 e. The van der Waals surface area contributed by atoms with Crippen LogP contribution in [0, 0.1) is 0 Å². The normalized spacial score (nSPS) is 23.3. The number of allylic oxidation sites excluding steroid dienone is 1. The van der Waals surface area contributed by atoms with E-state index in [9.17, 15) is 0 Å².